The molecule has 5 heteroatoms. The van der Waals surface area contributed by atoms with Crippen LogP contribution in [0.5, 0.6) is 0 Å². The summed E-state index contributed by atoms with van der Waals surface area (Å²) in [5.41, 5.74) is 5.65. The number of nitrogen functional groups attached to an aromatic ring is 1. The third-order valence-electron chi connectivity index (χ3n) is 3.06. The molecule has 1 unspecified atom stereocenters. The molecule has 5 nitrogen and oxygen atoms in total. The Hall–Kier alpha value is -1.36. The molecular formula is C11H18N4O. The second-order valence-electron chi connectivity index (χ2n) is 4.18. The Morgan fingerprint density at radius 3 is 3.00 bits per heavy atom. The number of aromatic nitrogens is 2. The molecule has 2 heterocycles. The maximum atomic E-state index is 9.40. The molecule has 1 atom stereocenters. The lowest BCUT2D eigenvalue weighted by molar-refractivity contribution is 0.254. The summed E-state index contributed by atoms with van der Waals surface area (Å²) < 4.78 is 0. The van der Waals surface area contributed by atoms with Crippen molar-refractivity contribution in [3.63, 3.8) is 0 Å². The van der Waals surface area contributed by atoms with Gasteiger partial charge in [-0.15, -0.1) is 0 Å². The van der Waals surface area contributed by atoms with E-state index in [0.717, 1.165) is 25.2 Å². The van der Waals surface area contributed by atoms with Crippen molar-refractivity contribution in [3.8, 4) is 0 Å². The maximum absolute atomic E-state index is 9.40. The van der Waals surface area contributed by atoms with Gasteiger partial charge in [-0.25, -0.2) is 9.97 Å². The van der Waals surface area contributed by atoms with E-state index in [4.69, 9.17) is 5.73 Å². The normalized spacial score (nSPS) is 21.8. The highest BCUT2D eigenvalue weighted by molar-refractivity contribution is 5.46. The molecule has 1 fully saturated rings. The minimum Gasteiger partial charge on any atom is -0.394 e. The van der Waals surface area contributed by atoms with E-state index in [1.54, 1.807) is 6.07 Å². The second-order valence-corrected chi connectivity index (χ2v) is 4.18. The molecule has 1 aliphatic heterocycles. The first-order chi connectivity index (χ1) is 7.81. The van der Waals surface area contributed by atoms with Crippen molar-refractivity contribution < 1.29 is 5.11 Å². The molecule has 88 valence electrons. The minimum absolute atomic E-state index is 0.164. The lowest BCUT2D eigenvalue weighted by Gasteiger charge is -2.29. The van der Waals surface area contributed by atoms with Gasteiger partial charge in [-0.05, 0) is 12.8 Å². The fraction of sp³-hybridized carbons (Fsp3) is 0.636. The Morgan fingerprint density at radius 1 is 1.38 bits per heavy atom. The van der Waals surface area contributed by atoms with Crippen LogP contribution in [0.15, 0.2) is 12.4 Å². The highest BCUT2D eigenvalue weighted by Gasteiger charge is 2.21. The van der Waals surface area contributed by atoms with Crippen LogP contribution in [0.1, 0.15) is 25.7 Å². The van der Waals surface area contributed by atoms with Gasteiger partial charge in [-0.2, -0.15) is 0 Å². The van der Waals surface area contributed by atoms with E-state index < -0.39 is 0 Å². The minimum atomic E-state index is 0.164. The molecule has 0 radical (unpaired) electrons. The summed E-state index contributed by atoms with van der Waals surface area (Å²) in [4.78, 5) is 10.3. The summed E-state index contributed by atoms with van der Waals surface area (Å²) in [5.74, 6) is 1.30. The fourth-order valence-electron chi connectivity index (χ4n) is 2.19. The molecule has 1 aromatic rings. The van der Waals surface area contributed by atoms with Crippen LogP contribution in [0.4, 0.5) is 11.6 Å². The summed E-state index contributed by atoms with van der Waals surface area (Å²) in [6, 6.07) is 1.94. The van der Waals surface area contributed by atoms with E-state index in [9.17, 15) is 5.11 Å². The van der Waals surface area contributed by atoms with Crippen molar-refractivity contribution in [3.05, 3.63) is 12.4 Å². The molecule has 0 aromatic carbocycles. The van der Waals surface area contributed by atoms with Gasteiger partial charge in [0.15, 0.2) is 0 Å². The van der Waals surface area contributed by atoms with Gasteiger partial charge >= 0.3 is 0 Å². The Balaban J connectivity index is 2.21. The van der Waals surface area contributed by atoms with Crippen LogP contribution in [0, 0.1) is 0 Å². The van der Waals surface area contributed by atoms with Crippen LogP contribution in [0.25, 0.3) is 0 Å². The fourth-order valence-corrected chi connectivity index (χ4v) is 2.19. The number of hydrogen-bond donors (Lipinski definition) is 2. The molecule has 0 aliphatic carbocycles. The third-order valence-corrected chi connectivity index (χ3v) is 3.06. The first kappa shape index (κ1) is 11.1. The molecule has 3 N–H and O–H groups in total. The van der Waals surface area contributed by atoms with Crippen molar-refractivity contribution in [2.24, 2.45) is 0 Å². The van der Waals surface area contributed by atoms with E-state index in [1.807, 2.05) is 0 Å². The third kappa shape index (κ3) is 2.41. The van der Waals surface area contributed by atoms with E-state index in [-0.39, 0.29) is 12.6 Å². The number of nitrogens with zero attached hydrogens (tertiary/aromatic N) is 3. The van der Waals surface area contributed by atoms with E-state index in [1.165, 1.54) is 19.2 Å². The van der Waals surface area contributed by atoms with Gasteiger partial charge < -0.3 is 15.7 Å². The van der Waals surface area contributed by atoms with Crippen molar-refractivity contribution in [2.75, 3.05) is 23.8 Å². The molecule has 1 aliphatic rings. The Labute approximate surface area is 95.3 Å². The summed E-state index contributed by atoms with van der Waals surface area (Å²) in [5, 5.41) is 9.40. The number of anilines is 2. The van der Waals surface area contributed by atoms with Gasteiger partial charge in [-0.1, -0.05) is 12.8 Å². The SMILES string of the molecule is Nc1cc(N2CCCCCC2CO)ncn1. The molecule has 2 rings (SSSR count). The standard InChI is InChI=1S/C11H18N4O/c12-10-6-11(14-8-13-10)15-5-3-1-2-4-9(15)7-16/h6,8-9,16H,1-5,7H2,(H2,12,13,14). The lowest BCUT2D eigenvalue weighted by Crippen LogP contribution is -2.38. The highest BCUT2D eigenvalue weighted by Crippen LogP contribution is 2.22. The van der Waals surface area contributed by atoms with Crippen molar-refractivity contribution in [1.29, 1.82) is 0 Å². The first-order valence-corrected chi connectivity index (χ1v) is 5.76. The highest BCUT2D eigenvalue weighted by atomic mass is 16.3. The summed E-state index contributed by atoms with van der Waals surface area (Å²) in [6.45, 7) is 1.10. The van der Waals surface area contributed by atoms with E-state index in [2.05, 4.69) is 14.9 Å². The Morgan fingerprint density at radius 2 is 2.25 bits per heavy atom. The predicted molar refractivity (Wildman–Crippen MR) is 63.1 cm³/mol. The second kappa shape index (κ2) is 5.12. The largest absolute Gasteiger partial charge is 0.394 e. The van der Waals surface area contributed by atoms with Crippen LogP contribution in [-0.2, 0) is 0 Å². The molecule has 0 bridgehead atoms. The van der Waals surface area contributed by atoms with Crippen LogP contribution in [0.2, 0.25) is 0 Å². The van der Waals surface area contributed by atoms with Gasteiger partial charge in [0.2, 0.25) is 0 Å². The molecule has 0 amide bonds. The van der Waals surface area contributed by atoms with Crippen molar-refractivity contribution in [2.45, 2.75) is 31.7 Å². The van der Waals surface area contributed by atoms with Gasteiger partial charge in [-0.3, -0.25) is 0 Å². The molecule has 1 aromatic heterocycles. The summed E-state index contributed by atoms with van der Waals surface area (Å²) in [6.07, 6.45) is 6.01. The number of rotatable bonds is 2. The summed E-state index contributed by atoms with van der Waals surface area (Å²) in [7, 11) is 0. The predicted octanol–water partition coefficient (Wildman–Crippen LogP) is 0.800. The zero-order valence-electron chi connectivity index (χ0n) is 9.34. The topological polar surface area (TPSA) is 75.3 Å². The molecule has 16 heavy (non-hydrogen) atoms. The number of aliphatic hydroxyl groups excluding tert-OH is 1. The van der Waals surface area contributed by atoms with Gasteiger partial charge in [0.1, 0.15) is 18.0 Å². The molecular weight excluding hydrogens is 204 g/mol. The van der Waals surface area contributed by atoms with Crippen molar-refractivity contribution >= 4 is 11.6 Å². The Bertz CT molecular complexity index is 345. The first-order valence-electron chi connectivity index (χ1n) is 5.76. The monoisotopic (exact) mass is 222 g/mol. The van der Waals surface area contributed by atoms with Crippen molar-refractivity contribution in [1.82, 2.24) is 9.97 Å². The smallest absolute Gasteiger partial charge is 0.134 e. The van der Waals surface area contributed by atoms with E-state index in [0.29, 0.717) is 5.82 Å². The van der Waals surface area contributed by atoms with Gasteiger partial charge in [0.25, 0.3) is 0 Å². The molecule has 0 spiro atoms. The number of aliphatic hydroxyl groups is 1. The van der Waals surface area contributed by atoms with Crippen LogP contribution >= 0.6 is 0 Å². The lowest BCUT2D eigenvalue weighted by atomic mass is 10.1. The zero-order valence-corrected chi connectivity index (χ0v) is 9.34. The number of nitrogens with two attached hydrogens (primary N) is 1. The average Bonchev–Trinajstić information content (AvgIpc) is 2.53. The van der Waals surface area contributed by atoms with Crippen LogP contribution in [0.3, 0.4) is 0 Å². The maximum Gasteiger partial charge on any atom is 0.134 e. The average molecular weight is 222 g/mol. The van der Waals surface area contributed by atoms with Crippen LogP contribution < -0.4 is 10.6 Å². The van der Waals surface area contributed by atoms with Gasteiger partial charge in [0.05, 0.1) is 12.6 Å². The quantitative estimate of drug-likeness (QED) is 0.774. The Kier molecular flexibility index (Phi) is 3.56. The molecule has 0 saturated carbocycles. The van der Waals surface area contributed by atoms with Gasteiger partial charge in [0, 0.05) is 12.6 Å². The molecule has 1 saturated heterocycles. The van der Waals surface area contributed by atoms with Crippen LogP contribution in [-0.4, -0.2) is 34.3 Å². The number of hydrogen-bond acceptors (Lipinski definition) is 5. The zero-order chi connectivity index (χ0) is 11.4. The van der Waals surface area contributed by atoms with E-state index >= 15 is 0 Å². The summed E-state index contributed by atoms with van der Waals surface area (Å²) >= 11 is 0.